The Bertz CT molecular complexity index is 1380. The summed E-state index contributed by atoms with van der Waals surface area (Å²) in [6.07, 6.45) is 2.52. The molecule has 1 unspecified atom stereocenters. The summed E-state index contributed by atoms with van der Waals surface area (Å²) < 4.78 is 47.6. The molecule has 1 atom stereocenters. The first kappa shape index (κ1) is 22.5. The Kier molecular flexibility index (Phi) is 6.30. The van der Waals surface area contributed by atoms with Gasteiger partial charge < -0.3 is 13.9 Å². The van der Waals surface area contributed by atoms with Gasteiger partial charge in [0.25, 0.3) is 0 Å². The fourth-order valence-corrected chi connectivity index (χ4v) is 5.47. The lowest BCUT2D eigenvalue weighted by molar-refractivity contribution is 0.297. The van der Waals surface area contributed by atoms with Crippen molar-refractivity contribution in [2.75, 3.05) is 13.2 Å². The molecule has 6 nitrogen and oxygen atoms in total. The van der Waals surface area contributed by atoms with Crippen LogP contribution in [0.4, 0.5) is 0 Å². The molecule has 5 rings (SSSR count). The van der Waals surface area contributed by atoms with E-state index in [0.29, 0.717) is 36.1 Å². The number of benzene rings is 3. The van der Waals surface area contributed by atoms with Crippen molar-refractivity contribution < 1.29 is 22.3 Å². The summed E-state index contributed by atoms with van der Waals surface area (Å²) >= 11 is 0. The minimum absolute atomic E-state index is 0.117. The van der Waals surface area contributed by atoms with Crippen molar-refractivity contribution in [1.29, 1.82) is 0 Å². The number of hydrogen-bond donors (Lipinski definition) is 1. The maximum Gasteiger partial charge on any atom is 0.241 e. The number of sulfonamides is 1. The van der Waals surface area contributed by atoms with Crippen LogP contribution in [0.1, 0.15) is 42.7 Å². The molecule has 1 aliphatic rings. The van der Waals surface area contributed by atoms with E-state index in [0.717, 1.165) is 35.8 Å². The molecule has 1 N–H and O–H groups in total. The third-order valence-corrected chi connectivity index (χ3v) is 7.34. The number of ether oxygens (including phenoxy) is 2. The topological polar surface area (TPSA) is 77.8 Å². The van der Waals surface area contributed by atoms with Crippen molar-refractivity contribution in [3.05, 3.63) is 89.7 Å². The van der Waals surface area contributed by atoms with Crippen LogP contribution in [0.3, 0.4) is 0 Å². The SMILES string of the molecule is CCCc1ccccc1C(NS(=O)(=O)c1ccc2c(c1)OCCCO2)c1cc2ccccc2o1. The summed E-state index contributed by atoms with van der Waals surface area (Å²) in [6.45, 7) is 3.13. The zero-order valence-corrected chi connectivity index (χ0v) is 19.8. The molecular weight excluding hydrogens is 450 g/mol. The molecule has 0 saturated heterocycles. The minimum Gasteiger partial charge on any atom is -0.490 e. The van der Waals surface area contributed by atoms with Crippen LogP contribution in [0.25, 0.3) is 11.0 Å². The molecule has 0 fully saturated rings. The molecule has 3 aromatic carbocycles. The van der Waals surface area contributed by atoms with Gasteiger partial charge >= 0.3 is 0 Å². The van der Waals surface area contributed by atoms with Gasteiger partial charge in [-0.3, -0.25) is 0 Å². The van der Waals surface area contributed by atoms with Gasteiger partial charge in [-0.05, 0) is 41.8 Å². The zero-order valence-electron chi connectivity index (χ0n) is 19.0. The van der Waals surface area contributed by atoms with E-state index in [2.05, 4.69) is 11.6 Å². The van der Waals surface area contributed by atoms with E-state index in [1.165, 1.54) is 6.07 Å². The second-order valence-corrected chi connectivity index (χ2v) is 10.1. The lowest BCUT2D eigenvalue weighted by Crippen LogP contribution is -2.30. The van der Waals surface area contributed by atoms with E-state index in [1.807, 2.05) is 54.6 Å². The Morgan fingerprint density at radius 3 is 2.50 bits per heavy atom. The van der Waals surface area contributed by atoms with Gasteiger partial charge in [0, 0.05) is 17.9 Å². The molecule has 0 spiro atoms. The van der Waals surface area contributed by atoms with Crippen LogP contribution in [-0.2, 0) is 16.4 Å². The molecule has 0 radical (unpaired) electrons. The fourth-order valence-electron chi connectivity index (χ4n) is 4.27. The summed E-state index contributed by atoms with van der Waals surface area (Å²) in [6, 6.07) is 21.5. The van der Waals surface area contributed by atoms with Gasteiger partial charge in [-0.25, -0.2) is 8.42 Å². The molecule has 1 aliphatic heterocycles. The van der Waals surface area contributed by atoms with E-state index in [4.69, 9.17) is 13.9 Å². The van der Waals surface area contributed by atoms with E-state index in [-0.39, 0.29) is 4.90 Å². The number of fused-ring (bicyclic) bond motifs is 2. The van der Waals surface area contributed by atoms with Gasteiger partial charge in [0.15, 0.2) is 11.5 Å². The summed E-state index contributed by atoms with van der Waals surface area (Å²) in [5.74, 6) is 1.54. The van der Waals surface area contributed by atoms with Crippen LogP contribution in [0, 0.1) is 0 Å². The first-order valence-corrected chi connectivity index (χ1v) is 13.0. The van der Waals surface area contributed by atoms with Crippen molar-refractivity contribution in [3.63, 3.8) is 0 Å². The number of furan rings is 1. The van der Waals surface area contributed by atoms with Gasteiger partial charge in [0.2, 0.25) is 10.0 Å². The molecular formula is C27H27NO5S. The molecule has 4 aromatic rings. The lowest BCUT2D eigenvalue weighted by Gasteiger charge is -2.21. The summed E-state index contributed by atoms with van der Waals surface area (Å²) in [4.78, 5) is 0.117. The first-order valence-electron chi connectivity index (χ1n) is 11.5. The van der Waals surface area contributed by atoms with Crippen molar-refractivity contribution >= 4 is 21.0 Å². The van der Waals surface area contributed by atoms with Gasteiger partial charge in [0.1, 0.15) is 17.4 Å². The molecule has 0 bridgehead atoms. The van der Waals surface area contributed by atoms with Crippen LogP contribution in [-0.4, -0.2) is 21.6 Å². The molecule has 0 amide bonds. The Hall–Kier alpha value is -3.29. The number of aryl methyl sites for hydroxylation is 1. The number of hydrogen-bond acceptors (Lipinski definition) is 5. The summed E-state index contributed by atoms with van der Waals surface area (Å²) in [7, 11) is -3.92. The van der Waals surface area contributed by atoms with E-state index < -0.39 is 16.1 Å². The van der Waals surface area contributed by atoms with Crippen molar-refractivity contribution in [2.45, 2.75) is 37.1 Å². The molecule has 1 aromatic heterocycles. The van der Waals surface area contributed by atoms with E-state index in [1.54, 1.807) is 12.1 Å². The summed E-state index contributed by atoms with van der Waals surface area (Å²) in [5.41, 5.74) is 2.67. The van der Waals surface area contributed by atoms with Crippen LogP contribution in [0.5, 0.6) is 11.5 Å². The van der Waals surface area contributed by atoms with Gasteiger partial charge in [-0.15, -0.1) is 0 Å². The second-order valence-electron chi connectivity index (χ2n) is 8.35. The Labute approximate surface area is 199 Å². The number of para-hydroxylation sites is 1. The van der Waals surface area contributed by atoms with Crippen LogP contribution >= 0.6 is 0 Å². The van der Waals surface area contributed by atoms with Gasteiger partial charge in [0.05, 0.1) is 18.1 Å². The molecule has 34 heavy (non-hydrogen) atoms. The first-order chi connectivity index (χ1) is 16.5. The average molecular weight is 478 g/mol. The fraction of sp³-hybridized carbons (Fsp3) is 0.259. The van der Waals surface area contributed by atoms with Crippen LogP contribution < -0.4 is 14.2 Å². The molecule has 7 heteroatoms. The highest BCUT2D eigenvalue weighted by molar-refractivity contribution is 7.89. The third kappa shape index (κ3) is 4.54. The number of rotatable bonds is 7. The van der Waals surface area contributed by atoms with Gasteiger partial charge in [-0.2, -0.15) is 4.72 Å². The van der Waals surface area contributed by atoms with E-state index in [9.17, 15) is 8.42 Å². The van der Waals surface area contributed by atoms with Crippen molar-refractivity contribution in [3.8, 4) is 11.5 Å². The quantitative estimate of drug-likeness (QED) is 0.374. The summed E-state index contributed by atoms with van der Waals surface area (Å²) in [5, 5.41) is 0.922. The Morgan fingerprint density at radius 2 is 1.68 bits per heavy atom. The zero-order chi connectivity index (χ0) is 23.5. The minimum atomic E-state index is -3.92. The average Bonchev–Trinajstić information content (AvgIpc) is 3.13. The smallest absolute Gasteiger partial charge is 0.241 e. The Balaban J connectivity index is 1.57. The highest BCUT2D eigenvalue weighted by Crippen LogP contribution is 2.35. The monoisotopic (exact) mass is 477 g/mol. The molecule has 0 saturated carbocycles. The largest absolute Gasteiger partial charge is 0.490 e. The highest BCUT2D eigenvalue weighted by Gasteiger charge is 2.28. The van der Waals surface area contributed by atoms with E-state index >= 15 is 0 Å². The molecule has 2 heterocycles. The lowest BCUT2D eigenvalue weighted by atomic mass is 9.96. The second kappa shape index (κ2) is 9.52. The van der Waals surface area contributed by atoms with Gasteiger partial charge in [-0.1, -0.05) is 55.8 Å². The van der Waals surface area contributed by atoms with Crippen molar-refractivity contribution in [2.24, 2.45) is 0 Å². The predicted molar refractivity (Wildman–Crippen MR) is 131 cm³/mol. The Morgan fingerprint density at radius 1 is 0.912 bits per heavy atom. The maximum absolute atomic E-state index is 13.6. The normalized spacial score (nSPS) is 14.6. The van der Waals surface area contributed by atoms with Crippen LogP contribution in [0.15, 0.2) is 82.1 Å². The van der Waals surface area contributed by atoms with Crippen LogP contribution in [0.2, 0.25) is 0 Å². The molecule has 0 aliphatic carbocycles. The maximum atomic E-state index is 13.6. The number of nitrogens with one attached hydrogen (secondary N) is 1. The van der Waals surface area contributed by atoms with Crippen molar-refractivity contribution in [1.82, 2.24) is 4.72 Å². The predicted octanol–water partition coefficient (Wildman–Crippen LogP) is 5.61. The third-order valence-electron chi connectivity index (χ3n) is 5.92. The highest BCUT2D eigenvalue weighted by atomic mass is 32.2. The molecule has 176 valence electrons. The standard InChI is InChI=1S/C27H27NO5S/c1-2-8-19-9-3-5-11-22(19)27(26-17-20-10-4-6-12-23(20)33-26)28-34(29,30)21-13-14-24-25(18-21)32-16-7-15-31-24/h3-6,9-14,17-18,27-28H,2,7-8,15-16H2,1H3.